The number of halogens is 2. The Kier molecular flexibility index (Phi) is 6.76. The highest BCUT2D eigenvalue weighted by Crippen LogP contribution is 2.36. The number of benzene rings is 3. The number of anilines is 1. The second-order valence-electron chi connectivity index (χ2n) is 7.67. The van der Waals surface area contributed by atoms with Crippen molar-refractivity contribution < 1.29 is 33.1 Å². The highest BCUT2D eigenvalue weighted by Gasteiger charge is 2.18. The number of rotatable bonds is 8. The van der Waals surface area contributed by atoms with Crippen molar-refractivity contribution in [2.75, 3.05) is 12.1 Å². The van der Waals surface area contributed by atoms with Gasteiger partial charge in [-0.15, -0.1) is 0 Å². The second-order valence-corrected chi connectivity index (χ2v) is 8.52. The summed E-state index contributed by atoms with van der Waals surface area (Å²) in [5.41, 5.74) is -0.177. The molecule has 0 fully saturated rings. The molecule has 1 aromatic heterocycles. The maximum atomic E-state index is 12.7. The van der Waals surface area contributed by atoms with Crippen LogP contribution in [0, 0.1) is 10.1 Å². The predicted molar refractivity (Wildman–Crippen MR) is 133 cm³/mol. The molecule has 188 valence electrons. The molecule has 1 aliphatic heterocycles. The van der Waals surface area contributed by atoms with E-state index in [1.807, 2.05) is 0 Å². The molecule has 0 atom stereocenters. The van der Waals surface area contributed by atoms with Gasteiger partial charge in [0.15, 0.2) is 17.3 Å². The fourth-order valence-corrected chi connectivity index (χ4v) is 3.84. The van der Waals surface area contributed by atoms with Crippen LogP contribution in [0.2, 0.25) is 10.0 Å². The molecule has 2 heterocycles. The number of hydrogen-bond acceptors (Lipinski definition) is 8. The van der Waals surface area contributed by atoms with Crippen molar-refractivity contribution in [1.29, 1.82) is 0 Å². The molecular formula is C25H16Cl2N2O8. The molecule has 1 amide bonds. The molecule has 1 aliphatic rings. The zero-order chi connectivity index (χ0) is 25.9. The molecule has 4 aromatic rings. The Morgan fingerprint density at radius 3 is 2.62 bits per heavy atom. The van der Waals surface area contributed by atoms with Gasteiger partial charge in [-0.25, -0.2) is 0 Å². The summed E-state index contributed by atoms with van der Waals surface area (Å²) in [6.45, 7) is 0.214. The summed E-state index contributed by atoms with van der Waals surface area (Å²) in [5.74, 6) is 1.84. The van der Waals surface area contributed by atoms with Crippen LogP contribution in [-0.2, 0) is 6.61 Å². The fraction of sp³-hybridized carbons (Fsp3) is 0.0800. The summed E-state index contributed by atoms with van der Waals surface area (Å²) < 4.78 is 27.5. The van der Waals surface area contributed by atoms with Gasteiger partial charge in [-0.1, -0.05) is 23.2 Å². The number of nitrogens with zero attached hydrogens (tertiary/aromatic N) is 1. The Bertz CT molecular complexity index is 1500. The number of amides is 1. The average molecular weight is 543 g/mol. The van der Waals surface area contributed by atoms with Crippen LogP contribution in [0.3, 0.4) is 0 Å². The lowest BCUT2D eigenvalue weighted by Gasteiger charge is -2.10. The van der Waals surface area contributed by atoms with Gasteiger partial charge in [0.25, 0.3) is 11.6 Å². The molecule has 37 heavy (non-hydrogen) atoms. The number of hydrogen-bond donors (Lipinski definition) is 1. The third-order valence-corrected chi connectivity index (χ3v) is 5.62. The molecule has 10 nitrogen and oxygen atoms in total. The summed E-state index contributed by atoms with van der Waals surface area (Å²) in [6, 6.07) is 16.6. The minimum absolute atomic E-state index is 0.0148. The Morgan fingerprint density at radius 2 is 1.81 bits per heavy atom. The lowest BCUT2D eigenvalue weighted by atomic mass is 10.2. The molecule has 0 aliphatic carbocycles. The van der Waals surface area contributed by atoms with Crippen molar-refractivity contribution >= 4 is 40.5 Å². The first-order chi connectivity index (χ1) is 17.8. The number of nitro groups is 1. The van der Waals surface area contributed by atoms with E-state index in [9.17, 15) is 14.9 Å². The molecule has 5 rings (SSSR count). The minimum atomic E-state index is -0.620. The third-order valence-electron chi connectivity index (χ3n) is 5.09. The van der Waals surface area contributed by atoms with E-state index in [0.29, 0.717) is 28.0 Å². The van der Waals surface area contributed by atoms with E-state index in [4.69, 9.17) is 46.6 Å². The molecular weight excluding hydrogens is 527 g/mol. The van der Waals surface area contributed by atoms with E-state index in [-0.39, 0.29) is 47.1 Å². The van der Waals surface area contributed by atoms with Gasteiger partial charge < -0.3 is 28.7 Å². The third kappa shape index (κ3) is 5.71. The fourth-order valence-electron chi connectivity index (χ4n) is 3.40. The number of non-ortho nitro benzene ring substituents is 1. The lowest BCUT2D eigenvalue weighted by molar-refractivity contribution is -0.384. The number of fused-ring (bicyclic) bond motifs is 1. The van der Waals surface area contributed by atoms with Gasteiger partial charge in [0, 0.05) is 23.2 Å². The topological polar surface area (TPSA) is 122 Å². The van der Waals surface area contributed by atoms with Crippen LogP contribution in [0.4, 0.5) is 11.4 Å². The van der Waals surface area contributed by atoms with Crippen molar-refractivity contribution in [3.63, 3.8) is 0 Å². The smallest absolute Gasteiger partial charge is 0.291 e. The number of nitrogens with one attached hydrogen (secondary N) is 1. The number of furan rings is 1. The summed E-state index contributed by atoms with van der Waals surface area (Å²) in [5, 5.41) is 14.6. The van der Waals surface area contributed by atoms with Crippen molar-refractivity contribution in [2.24, 2.45) is 0 Å². The molecule has 1 N–H and O–H groups in total. The highest BCUT2D eigenvalue weighted by atomic mass is 35.5. The Labute approximate surface area is 219 Å². The van der Waals surface area contributed by atoms with Gasteiger partial charge in [0.2, 0.25) is 6.79 Å². The number of carbonyl (C=O) groups is 1. The van der Waals surface area contributed by atoms with Gasteiger partial charge in [0.1, 0.15) is 29.6 Å². The zero-order valence-corrected chi connectivity index (χ0v) is 20.2. The van der Waals surface area contributed by atoms with E-state index in [1.165, 1.54) is 36.4 Å². The predicted octanol–water partition coefficient (Wildman–Crippen LogP) is 6.85. The van der Waals surface area contributed by atoms with Crippen LogP contribution >= 0.6 is 23.2 Å². The Hall–Kier alpha value is -4.41. The molecule has 0 bridgehead atoms. The summed E-state index contributed by atoms with van der Waals surface area (Å²) >= 11 is 12.0. The van der Waals surface area contributed by atoms with Crippen LogP contribution in [0.5, 0.6) is 28.7 Å². The minimum Gasteiger partial charge on any atom is -0.486 e. The monoisotopic (exact) mass is 542 g/mol. The summed E-state index contributed by atoms with van der Waals surface area (Å²) in [6.07, 6.45) is 0. The maximum Gasteiger partial charge on any atom is 0.291 e. The van der Waals surface area contributed by atoms with E-state index in [2.05, 4.69) is 5.32 Å². The number of nitro benzene ring substituents is 1. The van der Waals surface area contributed by atoms with Crippen LogP contribution in [-0.4, -0.2) is 17.6 Å². The molecule has 0 saturated carbocycles. The van der Waals surface area contributed by atoms with Crippen LogP contribution in [0.25, 0.3) is 0 Å². The highest BCUT2D eigenvalue weighted by molar-refractivity contribution is 6.35. The zero-order valence-electron chi connectivity index (χ0n) is 18.7. The van der Waals surface area contributed by atoms with Crippen LogP contribution in [0.15, 0.2) is 71.1 Å². The van der Waals surface area contributed by atoms with Crippen molar-refractivity contribution in [2.45, 2.75) is 6.61 Å². The summed E-state index contributed by atoms with van der Waals surface area (Å²) in [4.78, 5) is 23.6. The second kappa shape index (κ2) is 10.3. The van der Waals surface area contributed by atoms with Crippen molar-refractivity contribution in [3.05, 3.63) is 98.4 Å². The van der Waals surface area contributed by atoms with E-state index in [0.717, 1.165) is 0 Å². The first-order valence-corrected chi connectivity index (χ1v) is 11.4. The van der Waals surface area contributed by atoms with Gasteiger partial charge >= 0.3 is 0 Å². The molecule has 0 saturated heterocycles. The molecule has 0 radical (unpaired) electrons. The van der Waals surface area contributed by atoms with Gasteiger partial charge in [-0.05, 0) is 42.5 Å². The van der Waals surface area contributed by atoms with E-state index >= 15 is 0 Å². The molecule has 12 heteroatoms. The maximum absolute atomic E-state index is 12.7. The average Bonchev–Trinajstić information content (AvgIpc) is 3.53. The van der Waals surface area contributed by atoms with Gasteiger partial charge in [0.05, 0.1) is 21.7 Å². The van der Waals surface area contributed by atoms with Crippen LogP contribution < -0.4 is 24.3 Å². The normalized spacial score (nSPS) is 11.7. The van der Waals surface area contributed by atoms with Crippen molar-refractivity contribution in [3.8, 4) is 28.7 Å². The van der Waals surface area contributed by atoms with E-state index in [1.54, 1.807) is 30.3 Å². The lowest BCUT2D eigenvalue weighted by Crippen LogP contribution is -2.11. The largest absolute Gasteiger partial charge is 0.486 e. The Morgan fingerprint density at radius 1 is 0.973 bits per heavy atom. The summed E-state index contributed by atoms with van der Waals surface area (Å²) in [7, 11) is 0. The van der Waals surface area contributed by atoms with Gasteiger partial charge in [-0.2, -0.15) is 0 Å². The van der Waals surface area contributed by atoms with Gasteiger partial charge in [-0.3, -0.25) is 14.9 Å². The first-order valence-electron chi connectivity index (χ1n) is 10.7. The quantitative estimate of drug-likeness (QED) is 0.189. The standard InChI is InChI=1S/C25H16Cl2N2O8/c26-14-1-4-21(20(27)7-14)37-19-9-15(8-16(10-19)29(31)32)28-25(30)23-6-3-18(36-23)12-33-17-2-5-22-24(11-17)35-13-34-22/h1-11H,12-13H2,(H,28,30). The molecule has 0 spiro atoms. The first kappa shape index (κ1) is 24.3. The number of carbonyl (C=O) groups excluding carboxylic acids is 1. The molecule has 3 aromatic carbocycles. The Balaban J connectivity index is 1.27. The van der Waals surface area contributed by atoms with Crippen LogP contribution in [0.1, 0.15) is 16.3 Å². The van der Waals surface area contributed by atoms with Crippen molar-refractivity contribution in [1.82, 2.24) is 0 Å². The number of ether oxygens (including phenoxy) is 4. The van der Waals surface area contributed by atoms with E-state index < -0.39 is 10.8 Å². The molecule has 0 unspecified atom stereocenters. The SMILES string of the molecule is O=C(Nc1cc(Oc2ccc(Cl)cc2Cl)cc([N+](=O)[O-])c1)c1ccc(COc2ccc3c(c2)OCO3)o1.